The monoisotopic (exact) mass is 381 g/mol. The van der Waals surface area contributed by atoms with E-state index in [-0.39, 0.29) is 6.03 Å². The van der Waals surface area contributed by atoms with Gasteiger partial charge in [-0.05, 0) is 31.0 Å². The van der Waals surface area contributed by atoms with E-state index >= 15 is 0 Å². The number of H-pyrrole nitrogens is 1. The standard InChI is InChI=1S/C20H23N5O3/c1-27-16-4-2-3-15(11-16)19-12-17(28-24-19)13-21-20(26)25-9-6-14(7-10-25)18-5-8-22-23-18/h2-5,8,11-12,14H,6-7,9-10,13H2,1H3,(H,21,26)(H,22,23). The van der Waals surface area contributed by atoms with Crippen molar-refractivity contribution in [3.8, 4) is 17.0 Å². The maximum absolute atomic E-state index is 12.4. The number of aromatic nitrogens is 3. The Bertz CT molecular complexity index is 914. The Morgan fingerprint density at radius 2 is 2.18 bits per heavy atom. The number of nitrogens with zero attached hydrogens (tertiary/aromatic N) is 3. The Labute approximate surface area is 162 Å². The summed E-state index contributed by atoms with van der Waals surface area (Å²) in [7, 11) is 1.63. The van der Waals surface area contributed by atoms with Crippen LogP contribution in [0.1, 0.15) is 30.2 Å². The maximum atomic E-state index is 12.4. The van der Waals surface area contributed by atoms with E-state index in [1.807, 2.05) is 41.3 Å². The molecular weight excluding hydrogens is 358 g/mol. The first-order valence-corrected chi connectivity index (χ1v) is 9.35. The molecule has 1 aliphatic rings. The third-order valence-corrected chi connectivity index (χ3v) is 5.08. The average Bonchev–Trinajstić information content (AvgIpc) is 3.44. The third-order valence-electron chi connectivity index (χ3n) is 5.08. The SMILES string of the molecule is COc1cccc(-c2cc(CNC(=O)N3CCC(c4ccn[nH]4)CC3)on2)c1. The van der Waals surface area contributed by atoms with Crippen LogP contribution in [0.15, 0.2) is 47.1 Å². The molecule has 4 rings (SSSR count). The fourth-order valence-corrected chi connectivity index (χ4v) is 3.48. The molecule has 0 saturated carbocycles. The summed E-state index contributed by atoms with van der Waals surface area (Å²) in [4.78, 5) is 14.3. The normalized spacial score (nSPS) is 14.8. The molecule has 0 bridgehead atoms. The van der Waals surface area contributed by atoms with Crippen LogP contribution in [0.5, 0.6) is 5.75 Å². The number of rotatable bonds is 5. The highest BCUT2D eigenvalue weighted by molar-refractivity contribution is 5.74. The molecule has 0 spiro atoms. The van der Waals surface area contributed by atoms with Crippen molar-refractivity contribution in [2.75, 3.05) is 20.2 Å². The molecule has 1 aromatic carbocycles. The van der Waals surface area contributed by atoms with Gasteiger partial charge < -0.3 is 19.5 Å². The smallest absolute Gasteiger partial charge is 0.317 e. The largest absolute Gasteiger partial charge is 0.497 e. The van der Waals surface area contributed by atoms with Crippen molar-refractivity contribution in [3.05, 3.63) is 54.0 Å². The molecule has 0 aliphatic carbocycles. The predicted octanol–water partition coefficient (Wildman–Crippen LogP) is 3.16. The van der Waals surface area contributed by atoms with E-state index < -0.39 is 0 Å². The molecule has 0 atom stereocenters. The second-order valence-electron chi connectivity index (χ2n) is 6.84. The molecule has 0 radical (unpaired) electrons. The first kappa shape index (κ1) is 18.1. The zero-order chi connectivity index (χ0) is 19.3. The molecular formula is C20H23N5O3. The average molecular weight is 381 g/mol. The van der Waals surface area contributed by atoms with Gasteiger partial charge in [0.15, 0.2) is 5.76 Å². The van der Waals surface area contributed by atoms with Crippen molar-refractivity contribution in [1.29, 1.82) is 0 Å². The number of ether oxygens (including phenoxy) is 1. The lowest BCUT2D eigenvalue weighted by atomic mass is 9.94. The fraction of sp³-hybridized carbons (Fsp3) is 0.350. The summed E-state index contributed by atoms with van der Waals surface area (Å²) < 4.78 is 10.6. The van der Waals surface area contributed by atoms with E-state index in [1.165, 1.54) is 0 Å². The summed E-state index contributed by atoms with van der Waals surface area (Å²) in [5.74, 6) is 1.80. The van der Waals surface area contributed by atoms with Gasteiger partial charge in [-0.2, -0.15) is 5.10 Å². The van der Waals surface area contributed by atoms with Gasteiger partial charge >= 0.3 is 6.03 Å². The zero-order valence-corrected chi connectivity index (χ0v) is 15.7. The third kappa shape index (κ3) is 4.00. The van der Waals surface area contributed by atoms with Crippen LogP contribution in [0.25, 0.3) is 11.3 Å². The molecule has 1 fully saturated rings. The minimum Gasteiger partial charge on any atom is -0.497 e. The second-order valence-corrected chi connectivity index (χ2v) is 6.84. The number of amides is 2. The van der Waals surface area contributed by atoms with E-state index in [0.29, 0.717) is 23.9 Å². The van der Waals surface area contributed by atoms with Crippen LogP contribution in [0.4, 0.5) is 4.79 Å². The zero-order valence-electron chi connectivity index (χ0n) is 15.7. The summed E-state index contributed by atoms with van der Waals surface area (Å²) in [6.45, 7) is 1.75. The summed E-state index contributed by atoms with van der Waals surface area (Å²) >= 11 is 0. The van der Waals surface area contributed by atoms with Crippen LogP contribution < -0.4 is 10.1 Å². The first-order chi connectivity index (χ1) is 13.7. The number of benzene rings is 1. The van der Waals surface area contributed by atoms with Crippen molar-refractivity contribution in [3.63, 3.8) is 0 Å². The molecule has 0 unspecified atom stereocenters. The maximum Gasteiger partial charge on any atom is 0.317 e. The van der Waals surface area contributed by atoms with Crippen LogP contribution in [-0.2, 0) is 6.54 Å². The highest BCUT2D eigenvalue weighted by Gasteiger charge is 2.24. The highest BCUT2D eigenvalue weighted by atomic mass is 16.5. The minimum atomic E-state index is -0.0811. The molecule has 1 aliphatic heterocycles. The lowest BCUT2D eigenvalue weighted by Gasteiger charge is -2.31. The van der Waals surface area contributed by atoms with E-state index in [9.17, 15) is 4.79 Å². The van der Waals surface area contributed by atoms with Crippen molar-refractivity contribution in [1.82, 2.24) is 25.6 Å². The lowest BCUT2D eigenvalue weighted by Crippen LogP contribution is -2.43. The number of aromatic amines is 1. The van der Waals surface area contributed by atoms with Crippen molar-refractivity contribution >= 4 is 6.03 Å². The highest BCUT2D eigenvalue weighted by Crippen LogP contribution is 2.26. The quantitative estimate of drug-likeness (QED) is 0.708. The summed E-state index contributed by atoms with van der Waals surface area (Å²) in [6, 6.07) is 11.4. The summed E-state index contributed by atoms with van der Waals surface area (Å²) in [6.07, 6.45) is 3.63. The van der Waals surface area contributed by atoms with Crippen LogP contribution in [0, 0.1) is 0 Å². The van der Waals surface area contributed by atoms with Gasteiger partial charge in [0, 0.05) is 42.5 Å². The van der Waals surface area contributed by atoms with E-state index in [1.54, 1.807) is 13.3 Å². The summed E-state index contributed by atoms with van der Waals surface area (Å²) in [5, 5.41) is 14.0. The Morgan fingerprint density at radius 3 is 2.93 bits per heavy atom. The van der Waals surface area contributed by atoms with Gasteiger partial charge in [-0.1, -0.05) is 17.3 Å². The van der Waals surface area contributed by atoms with Crippen molar-refractivity contribution < 1.29 is 14.1 Å². The Balaban J connectivity index is 1.29. The van der Waals surface area contributed by atoms with Crippen molar-refractivity contribution in [2.24, 2.45) is 0 Å². The van der Waals surface area contributed by atoms with Crippen LogP contribution in [0.3, 0.4) is 0 Å². The molecule has 3 heterocycles. The lowest BCUT2D eigenvalue weighted by molar-refractivity contribution is 0.179. The Hall–Kier alpha value is -3.29. The Kier molecular flexibility index (Phi) is 5.27. The fourth-order valence-electron chi connectivity index (χ4n) is 3.48. The van der Waals surface area contributed by atoms with Gasteiger partial charge in [-0.25, -0.2) is 4.79 Å². The van der Waals surface area contributed by atoms with Crippen molar-refractivity contribution in [2.45, 2.75) is 25.3 Å². The van der Waals surface area contributed by atoms with Gasteiger partial charge in [-0.3, -0.25) is 5.10 Å². The van der Waals surface area contributed by atoms with E-state index in [2.05, 4.69) is 20.7 Å². The van der Waals surface area contributed by atoms with Gasteiger partial charge in [0.1, 0.15) is 11.4 Å². The van der Waals surface area contributed by atoms with E-state index in [0.717, 1.165) is 42.9 Å². The van der Waals surface area contributed by atoms with Crippen LogP contribution in [0.2, 0.25) is 0 Å². The number of carbonyl (C=O) groups excluding carboxylic acids is 1. The number of methoxy groups -OCH3 is 1. The molecule has 2 aromatic heterocycles. The number of nitrogens with one attached hydrogen (secondary N) is 2. The summed E-state index contributed by atoms with van der Waals surface area (Å²) in [5.41, 5.74) is 2.76. The van der Waals surface area contributed by atoms with Crippen LogP contribution >= 0.6 is 0 Å². The van der Waals surface area contributed by atoms with Gasteiger partial charge in [0.2, 0.25) is 0 Å². The number of hydrogen-bond acceptors (Lipinski definition) is 5. The minimum absolute atomic E-state index is 0.0811. The molecule has 3 aromatic rings. The molecule has 8 nitrogen and oxygen atoms in total. The molecule has 8 heteroatoms. The number of hydrogen-bond donors (Lipinski definition) is 2. The molecule has 2 N–H and O–H groups in total. The number of urea groups is 1. The van der Waals surface area contributed by atoms with Gasteiger partial charge in [0.25, 0.3) is 0 Å². The Morgan fingerprint density at radius 1 is 1.32 bits per heavy atom. The van der Waals surface area contributed by atoms with Crippen LogP contribution in [-0.4, -0.2) is 46.5 Å². The number of carbonyl (C=O) groups is 1. The molecule has 1 saturated heterocycles. The molecule has 2 amide bonds. The molecule has 28 heavy (non-hydrogen) atoms. The van der Waals surface area contributed by atoms with Gasteiger partial charge in [0.05, 0.1) is 13.7 Å². The topological polar surface area (TPSA) is 96.3 Å². The van der Waals surface area contributed by atoms with E-state index in [4.69, 9.17) is 9.26 Å². The predicted molar refractivity (Wildman–Crippen MR) is 103 cm³/mol. The number of likely N-dealkylation sites (tertiary alicyclic amines) is 1. The number of piperidine rings is 1. The van der Waals surface area contributed by atoms with Gasteiger partial charge in [-0.15, -0.1) is 0 Å². The second kappa shape index (κ2) is 8.16. The molecule has 146 valence electrons. The first-order valence-electron chi connectivity index (χ1n) is 9.35.